The van der Waals surface area contributed by atoms with E-state index in [4.69, 9.17) is 4.74 Å². The number of anilines is 1. The predicted molar refractivity (Wildman–Crippen MR) is 66.9 cm³/mol. The van der Waals surface area contributed by atoms with Gasteiger partial charge >= 0.3 is 0 Å². The Hall–Kier alpha value is -0.790. The molecule has 0 aliphatic heterocycles. The third-order valence-corrected chi connectivity index (χ3v) is 3.60. The molecule has 0 amide bonds. The average Bonchev–Trinajstić information content (AvgIpc) is 2.21. The van der Waals surface area contributed by atoms with Crippen LogP contribution in [0.2, 0.25) is 0 Å². The van der Waals surface area contributed by atoms with E-state index in [2.05, 4.69) is 25.4 Å². The highest BCUT2D eigenvalue weighted by Crippen LogP contribution is 2.27. The third kappa shape index (κ3) is 3.66. The summed E-state index contributed by atoms with van der Waals surface area (Å²) in [5.74, 6) is 0.581. The minimum Gasteiger partial charge on any atom is -0.497 e. The molecule has 1 rings (SSSR count). The topological polar surface area (TPSA) is 67.4 Å². The quantitative estimate of drug-likeness (QED) is 0.870. The molecule has 0 fully saturated rings. The highest BCUT2D eigenvalue weighted by Gasteiger charge is 2.10. The second-order valence-corrected chi connectivity index (χ2v) is 5.30. The summed E-state index contributed by atoms with van der Waals surface area (Å²) in [5, 5.41) is 0. The van der Waals surface area contributed by atoms with Crippen molar-refractivity contribution in [3.05, 3.63) is 22.7 Å². The summed E-state index contributed by atoms with van der Waals surface area (Å²) in [7, 11) is -2.00. The lowest BCUT2D eigenvalue weighted by molar-refractivity contribution is 0.415. The van der Waals surface area contributed by atoms with Crippen LogP contribution >= 0.6 is 15.9 Å². The summed E-state index contributed by atoms with van der Waals surface area (Å²) in [6.07, 6.45) is 0. The Balaban J connectivity index is 2.96. The minimum absolute atomic E-state index is 0.330. The molecule has 5 nitrogen and oxygen atoms in total. The molecule has 0 heterocycles. The van der Waals surface area contributed by atoms with E-state index in [1.165, 1.54) is 7.11 Å². The van der Waals surface area contributed by atoms with Crippen LogP contribution in [0.25, 0.3) is 0 Å². The van der Waals surface area contributed by atoms with E-state index >= 15 is 0 Å². The van der Waals surface area contributed by atoms with Crippen molar-refractivity contribution in [3.63, 3.8) is 0 Å². The van der Waals surface area contributed by atoms with Gasteiger partial charge < -0.3 is 4.74 Å². The van der Waals surface area contributed by atoms with Gasteiger partial charge in [-0.2, -0.15) is 13.1 Å². The van der Waals surface area contributed by atoms with Crippen LogP contribution in [0, 0.1) is 0 Å². The molecule has 0 aliphatic rings. The van der Waals surface area contributed by atoms with Crippen LogP contribution in [-0.4, -0.2) is 22.1 Å². The van der Waals surface area contributed by atoms with Gasteiger partial charge in [0.05, 0.1) is 12.8 Å². The summed E-state index contributed by atoms with van der Waals surface area (Å²) < 4.78 is 33.3. The van der Waals surface area contributed by atoms with Gasteiger partial charge in [-0.05, 0) is 28.1 Å². The summed E-state index contributed by atoms with van der Waals surface area (Å²) >= 11 is 3.25. The number of ether oxygens (including phenoxy) is 1. The molecule has 0 saturated carbocycles. The lowest BCUT2D eigenvalue weighted by Gasteiger charge is -2.10. The summed E-state index contributed by atoms with van der Waals surface area (Å²) in [5.41, 5.74) is 0.431. The van der Waals surface area contributed by atoms with E-state index in [0.717, 1.165) is 0 Å². The largest absolute Gasteiger partial charge is 0.497 e. The van der Waals surface area contributed by atoms with Gasteiger partial charge in [0.1, 0.15) is 5.75 Å². The lowest BCUT2D eigenvalue weighted by Crippen LogP contribution is -2.29. The lowest BCUT2D eigenvalue weighted by atomic mass is 10.3. The first-order valence-electron chi connectivity index (χ1n) is 4.59. The van der Waals surface area contributed by atoms with Crippen molar-refractivity contribution in [3.8, 4) is 5.75 Å². The van der Waals surface area contributed by atoms with Gasteiger partial charge in [-0.15, -0.1) is 0 Å². The van der Waals surface area contributed by atoms with E-state index in [1.807, 2.05) is 0 Å². The normalized spacial score (nSPS) is 11.2. The summed E-state index contributed by atoms with van der Waals surface area (Å²) in [4.78, 5) is 0. The van der Waals surface area contributed by atoms with Crippen molar-refractivity contribution in [2.24, 2.45) is 0 Å². The van der Waals surface area contributed by atoms with Crippen LogP contribution in [-0.2, 0) is 10.2 Å². The fourth-order valence-corrected chi connectivity index (χ4v) is 2.47. The van der Waals surface area contributed by atoms with Gasteiger partial charge in [0.2, 0.25) is 0 Å². The molecule has 0 saturated heterocycles. The first kappa shape index (κ1) is 13.3. The van der Waals surface area contributed by atoms with Crippen LogP contribution in [0.4, 0.5) is 5.69 Å². The zero-order valence-corrected chi connectivity index (χ0v) is 11.4. The predicted octanol–water partition coefficient (Wildman–Crippen LogP) is 1.72. The first-order chi connectivity index (χ1) is 7.48. The highest BCUT2D eigenvalue weighted by atomic mass is 79.9. The van der Waals surface area contributed by atoms with Crippen molar-refractivity contribution in [2.45, 2.75) is 6.92 Å². The molecule has 1 aromatic carbocycles. The van der Waals surface area contributed by atoms with Crippen molar-refractivity contribution in [1.82, 2.24) is 4.72 Å². The second-order valence-electron chi connectivity index (χ2n) is 2.95. The summed E-state index contributed by atoms with van der Waals surface area (Å²) in [6, 6.07) is 5.04. The van der Waals surface area contributed by atoms with Crippen molar-refractivity contribution >= 4 is 31.8 Å². The smallest absolute Gasteiger partial charge is 0.299 e. The Morgan fingerprint density at radius 1 is 1.44 bits per heavy atom. The van der Waals surface area contributed by atoms with Gasteiger partial charge in [-0.25, -0.2) is 0 Å². The third-order valence-electron chi connectivity index (χ3n) is 1.75. The van der Waals surface area contributed by atoms with E-state index in [-0.39, 0.29) is 0 Å². The van der Waals surface area contributed by atoms with Crippen LogP contribution in [0.5, 0.6) is 5.75 Å². The fourth-order valence-electron chi connectivity index (χ4n) is 1.08. The van der Waals surface area contributed by atoms with Crippen LogP contribution in [0.15, 0.2) is 22.7 Å². The Morgan fingerprint density at radius 2 is 2.12 bits per heavy atom. The number of methoxy groups -OCH3 is 1. The Labute approximate surface area is 104 Å². The Bertz CT molecular complexity index is 462. The van der Waals surface area contributed by atoms with Crippen LogP contribution in [0.1, 0.15) is 6.92 Å². The van der Waals surface area contributed by atoms with Gasteiger partial charge in [0.25, 0.3) is 10.2 Å². The monoisotopic (exact) mass is 308 g/mol. The Morgan fingerprint density at radius 3 is 2.69 bits per heavy atom. The standard InChI is InChI=1S/C9H13BrN2O3S/c1-3-11-16(13,14)12-9-6-7(15-2)4-5-8(9)10/h4-6,11-12H,3H2,1-2H3. The van der Waals surface area contributed by atoms with Gasteiger partial charge in [0.15, 0.2) is 0 Å². The number of hydrogen-bond acceptors (Lipinski definition) is 3. The van der Waals surface area contributed by atoms with Crippen molar-refractivity contribution in [1.29, 1.82) is 0 Å². The molecular weight excluding hydrogens is 296 g/mol. The maximum Gasteiger partial charge on any atom is 0.299 e. The number of hydrogen-bond donors (Lipinski definition) is 2. The SMILES string of the molecule is CCNS(=O)(=O)Nc1cc(OC)ccc1Br. The molecule has 16 heavy (non-hydrogen) atoms. The molecule has 90 valence electrons. The molecule has 1 aromatic rings. The van der Waals surface area contributed by atoms with E-state index in [0.29, 0.717) is 22.5 Å². The average molecular weight is 309 g/mol. The zero-order chi connectivity index (χ0) is 12.2. The zero-order valence-electron chi connectivity index (χ0n) is 8.95. The molecule has 0 bridgehead atoms. The van der Waals surface area contributed by atoms with Crippen molar-refractivity contribution in [2.75, 3.05) is 18.4 Å². The second kappa shape index (κ2) is 5.51. The van der Waals surface area contributed by atoms with Crippen LogP contribution < -0.4 is 14.2 Å². The van der Waals surface area contributed by atoms with Crippen LogP contribution in [0.3, 0.4) is 0 Å². The van der Waals surface area contributed by atoms with Gasteiger partial charge in [0, 0.05) is 17.1 Å². The van der Waals surface area contributed by atoms with Gasteiger partial charge in [-0.1, -0.05) is 6.92 Å². The maximum atomic E-state index is 11.5. The summed E-state index contributed by atoms with van der Waals surface area (Å²) in [6.45, 7) is 2.04. The number of benzene rings is 1. The van der Waals surface area contributed by atoms with Gasteiger partial charge in [-0.3, -0.25) is 4.72 Å². The maximum absolute atomic E-state index is 11.5. The minimum atomic E-state index is -3.52. The Kier molecular flexibility index (Phi) is 4.57. The van der Waals surface area contributed by atoms with E-state index < -0.39 is 10.2 Å². The number of nitrogens with one attached hydrogen (secondary N) is 2. The molecule has 0 spiro atoms. The fraction of sp³-hybridized carbons (Fsp3) is 0.333. The first-order valence-corrected chi connectivity index (χ1v) is 6.87. The molecule has 7 heteroatoms. The number of halogens is 1. The molecule has 0 atom stereocenters. The number of rotatable bonds is 5. The highest BCUT2D eigenvalue weighted by molar-refractivity contribution is 9.10. The molecule has 0 radical (unpaired) electrons. The molecule has 0 aromatic heterocycles. The molecule has 0 aliphatic carbocycles. The molecular formula is C9H13BrN2O3S. The molecule has 0 unspecified atom stereocenters. The van der Waals surface area contributed by atoms with E-state index in [1.54, 1.807) is 25.1 Å². The molecule has 2 N–H and O–H groups in total. The van der Waals surface area contributed by atoms with Crippen molar-refractivity contribution < 1.29 is 13.2 Å². The van der Waals surface area contributed by atoms with E-state index in [9.17, 15) is 8.42 Å².